The molecule has 0 aliphatic carbocycles. The van der Waals surface area contributed by atoms with Crippen LogP contribution in [0.5, 0.6) is 0 Å². The molecule has 132 valence electrons. The van der Waals surface area contributed by atoms with Crippen molar-refractivity contribution in [3.8, 4) is 0 Å². The number of amides is 1. The predicted octanol–water partition coefficient (Wildman–Crippen LogP) is 2.90. The van der Waals surface area contributed by atoms with E-state index in [2.05, 4.69) is 15.6 Å². The Morgan fingerprint density at radius 3 is 2.54 bits per heavy atom. The smallest absolute Gasteiger partial charge is 0.267 e. The summed E-state index contributed by atoms with van der Waals surface area (Å²) in [5.74, 6) is -0.458. The van der Waals surface area contributed by atoms with Gasteiger partial charge in [0.1, 0.15) is 0 Å². The first-order chi connectivity index (χ1) is 12.6. The van der Waals surface area contributed by atoms with E-state index in [1.807, 2.05) is 30.5 Å². The number of fused-ring (bicyclic) bond motifs is 1. The number of benzene rings is 2. The summed E-state index contributed by atoms with van der Waals surface area (Å²) in [4.78, 5) is 26.0. The first-order valence-corrected chi connectivity index (χ1v) is 9.34. The van der Waals surface area contributed by atoms with Crippen LogP contribution in [0.3, 0.4) is 0 Å². The van der Waals surface area contributed by atoms with Crippen molar-refractivity contribution in [3.05, 3.63) is 70.1 Å². The highest BCUT2D eigenvalue weighted by atomic mass is 32.2. The molecule has 1 aromatic heterocycles. The van der Waals surface area contributed by atoms with Gasteiger partial charge < -0.3 is 0 Å². The molecule has 0 aliphatic heterocycles. The van der Waals surface area contributed by atoms with Crippen LogP contribution in [0.4, 0.5) is 0 Å². The van der Waals surface area contributed by atoms with Gasteiger partial charge in [0.25, 0.3) is 11.5 Å². The van der Waals surface area contributed by atoms with Crippen LogP contribution in [0.1, 0.15) is 23.0 Å². The molecule has 0 aliphatic rings. The fourth-order valence-electron chi connectivity index (χ4n) is 2.53. The fourth-order valence-corrected chi connectivity index (χ4v) is 2.93. The van der Waals surface area contributed by atoms with Crippen molar-refractivity contribution in [1.82, 2.24) is 15.2 Å². The lowest BCUT2D eigenvalue weighted by Crippen LogP contribution is -2.28. The van der Waals surface area contributed by atoms with Gasteiger partial charge in [0.05, 0.1) is 11.6 Å². The summed E-state index contributed by atoms with van der Waals surface area (Å²) >= 11 is 1.66. The Morgan fingerprint density at radius 1 is 1.19 bits per heavy atom. The molecule has 0 saturated heterocycles. The van der Waals surface area contributed by atoms with Gasteiger partial charge in [-0.1, -0.05) is 30.3 Å². The van der Waals surface area contributed by atoms with Gasteiger partial charge in [-0.2, -0.15) is 10.2 Å². The van der Waals surface area contributed by atoms with Gasteiger partial charge in [-0.3, -0.25) is 9.59 Å². The van der Waals surface area contributed by atoms with E-state index in [0.717, 1.165) is 10.5 Å². The van der Waals surface area contributed by atoms with E-state index in [1.54, 1.807) is 49.2 Å². The second kappa shape index (κ2) is 7.97. The van der Waals surface area contributed by atoms with Crippen molar-refractivity contribution in [2.45, 2.75) is 18.4 Å². The Balaban J connectivity index is 1.86. The Hall–Kier alpha value is -2.93. The number of aryl methyl sites for hydroxylation is 1. The summed E-state index contributed by atoms with van der Waals surface area (Å²) < 4.78 is 1.28. The lowest BCUT2D eigenvalue weighted by atomic mass is 10.1. The summed E-state index contributed by atoms with van der Waals surface area (Å²) in [5, 5.41) is 9.16. The Bertz CT molecular complexity index is 1030. The van der Waals surface area contributed by atoms with Crippen LogP contribution in [-0.2, 0) is 6.54 Å². The molecular formula is C19H18N4O2S. The molecule has 1 amide bonds. The first-order valence-electron chi connectivity index (χ1n) is 8.11. The summed E-state index contributed by atoms with van der Waals surface area (Å²) in [6, 6.07) is 14.8. The van der Waals surface area contributed by atoms with Gasteiger partial charge >= 0.3 is 0 Å². The molecule has 0 atom stereocenters. The standard InChI is InChI=1S/C19H18N4O2S/c1-3-23-19(25)16-7-5-4-6-15(16)17(22-23)18(24)21-20-12-13-8-10-14(26-2)11-9-13/h4-12H,3H2,1-2H3,(H,21,24)/b20-12-. The van der Waals surface area contributed by atoms with Gasteiger partial charge in [0, 0.05) is 16.8 Å². The number of hydrazone groups is 1. The maximum Gasteiger partial charge on any atom is 0.292 e. The molecule has 0 saturated carbocycles. The molecule has 0 unspecified atom stereocenters. The van der Waals surface area contributed by atoms with E-state index in [9.17, 15) is 9.59 Å². The second-order valence-electron chi connectivity index (χ2n) is 5.49. The average Bonchev–Trinajstić information content (AvgIpc) is 2.69. The maximum atomic E-state index is 12.5. The molecule has 6 nitrogen and oxygen atoms in total. The van der Waals surface area contributed by atoms with Crippen molar-refractivity contribution in [2.24, 2.45) is 5.10 Å². The maximum absolute atomic E-state index is 12.5. The van der Waals surface area contributed by atoms with Gasteiger partial charge in [-0.05, 0) is 36.9 Å². The minimum absolute atomic E-state index is 0.178. The van der Waals surface area contributed by atoms with Crippen LogP contribution in [0.25, 0.3) is 10.8 Å². The lowest BCUT2D eigenvalue weighted by molar-refractivity contribution is 0.0949. The zero-order valence-electron chi connectivity index (χ0n) is 14.5. The van der Waals surface area contributed by atoms with Crippen molar-refractivity contribution < 1.29 is 4.79 Å². The molecule has 26 heavy (non-hydrogen) atoms. The van der Waals surface area contributed by atoms with E-state index in [1.165, 1.54) is 4.68 Å². The molecular weight excluding hydrogens is 348 g/mol. The molecule has 1 N–H and O–H groups in total. The van der Waals surface area contributed by atoms with E-state index >= 15 is 0 Å². The molecule has 0 spiro atoms. The number of hydrogen-bond donors (Lipinski definition) is 1. The van der Waals surface area contributed by atoms with Gasteiger partial charge in [-0.25, -0.2) is 10.1 Å². The highest BCUT2D eigenvalue weighted by Crippen LogP contribution is 2.14. The Morgan fingerprint density at radius 2 is 1.88 bits per heavy atom. The molecule has 3 rings (SSSR count). The summed E-state index contributed by atoms with van der Waals surface area (Å²) in [6.07, 6.45) is 3.58. The number of nitrogens with zero attached hydrogens (tertiary/aromatic N) is 3. The van der Waals surface area contributed by atoms with Crippen LogP contribution in [0, 0.1) is 0 Å². The summed E-state index contributed by atoms with van der Waals surface area (Å²) in [6.45, 7) is 2.19. The Kier molecular flexibility index (Phi) is 5.48. The van der Waals surface area contributed by atoms with Crippen molar-refractivity contribution in [2.75, 3.05) is 6.26 Å². The zero-order valence-corrected chi connectivity index (χ0v) is 15.3. The topological polar surface area (TPSA) is 76.3 Å². The normalized spacial score (nSPS) is 11.2. The lowest BCUT2D eigenvalue weighted by Gasteiger charge is -2.08. The summed E-state index contributed by atoms with van der Waals surface area (Å²) in [5.41, 5.74) is 3.33. The van der Waals surface area contributed by atoms with Crippen LogP contribution < -0.4 is 11.0 Å². The van der Waals surface area contributed by atoms with Crippen LogP contribution in [-0.4, -0.2) is 28.2 Å². The number of hydrogen-bond acceptors (Lipinski definition) is 5. The van der Waals surface area contributed by atoms with Crippen molar-refractivity contribution >= 4 is 34.7 Å². The van der Waals surface area contributed by atoms with E-state index in [-0.39, 0.29) is 11.3 Å². The van der Waals surface area contributed by atoms with E-state index in [4.69, 9.17) is 0 Å². The number of nitrogens with one attached hydrogen (secondary N) is 1. The minimum Gasteiger partial charge on any atom is -0.267 e. The third-order valence-corrected chi connectivity index (χ3v) is 4.62. The van der Waals surface area contributed by atoms with Gasteiger partial charge in [0.15, 0.2) is 5.69 Å². The first kappa shape index (κ1) is 17.9. The van der Waals surface area contributed by atoms with Gasteiger partial charge in [0.2, 0.25) is 0 Å². The molecule has 0 radical (unpaired) electrons. The molecule has 2 aromatic carbocycles. The van der Waals surface area contributed by atoms with Crippen LogP contribution in [0.2, 0.25) is 0 Å². The van der Waals surface area contributed by atoms with Crippen LogP contribution in [0.15, 0.2) is 63.3 Å². The highest BCUT2D eigenvalue weighted by molar-refractivity contribution is 7.98. The minimum atomic E-state index is -0.458. The van der Waals surface area contributed by atoms with Crippen molar-refractivity contribution in [3.63, 3.8) is 0 Å². The molecule has 3 aromatic rings. The fraction of sp³-hybridized carbons (Fsp3) is 0.158. The SMILES string of the molecule is CCn1nc(C(=O)N/N=C\c2ccc(SC)cc2)c2ccccc2c1=O. The Labute approximate surface area is 154 Å². The predicted molar refractivity (Wildman–Crippen MR) is 105 cm³/mol. The van der Waals surface area contributed by atoms with Gasteiger partial charge in [-0.15, -0.1) is 11.8 Å². The number of carbonyl (C=O) groups excluding carboxylic acids is 1. The van der Waals surface area contributed by atoms with E-state index < -0.39 is 5.91 Å². The largest absolute Gasteiger partial charge is 0.292 e. The third kappa shape index (κ3) is 3.67. The van der Waals surface area contributed by atoms with Crippen molar-refractivity contribution in [1.29, 1.82) is 0 Å². The van der Waals surface area contributed by atoms with Crippen LogP contribution >= 0.6 is 11.8 Å². The van der Waals surface area contributed by atoms with E-state index in [0.29, 0.717) is 17.3 Å². The number of rotatable bonds is 5. The zero-order chi connectivity index (χ0) is 18.5. The molecule has 7 heteroatoms. The number of carbonyl (C=O) groups is 1. The number of thioether (sulfide) groups is 1. The molecule has 1 heterocycles. The summed E-state index contributed by atoms with van der Waals surface area (Å²) in [7, 11) is 0. The monoisotopic (exact) mass is 366 g/mol. The third-order valence-electron chi connectivity index (χ3n) is 3.88. The molecule has 0 bridgehead atoms. The highest BCUT2D eigenvalue weighted by Gasteiger charge is 2.15. The second-order valence-corrected chi connectivity index (χ2v) is 6.37. The average molecular weight is 366 g/mol. The molecule has 0 fully saturated rings. The number of aromatic nitrogens is 2. The quantitative estimate of drug-likeness (QED) is 0.428.